The van der Waals surface area contributed by atoms with Gasteiger partial charge < -0.3 is 10.6 Å². The van der Waals surface area contributed by atoms with E-state index < -0.39 is 0 Å². The van der Waals surface area contributed by atoms with Gasteiger partial charge in [0.15, 0.2) is 0 Å². The van der Waals surface area contributed by atoms with Crippen LogP contribution in [0.25, 0.3) is 0 Å². The minimum Gasteiger partial charge on any atom is -0.349 e. The van der Waals surface area contributed by atoms with E-state index in [4.69, 9.17) is 11.6 Å². The normalized spacial score (nSPS) is 16.8. The number of anilines is 1. The molecule has 1 aliphatic rings. The highest BCUT2D eigenvalue weighted by Crippen LogP contribution is 2.29. The van der Waals surface area contributed by atoms with Crippen molar-refractivity contribution in [3.05, 3.63) is 64.2 Å². The zero-order valence-corrected chi connectivity index (χ0v) is 17.2. The van der Waals surface area contributed by atoms with Crippen LogP contribution in [0, 0.1) is 12.8 Å². The molecule has 0 bridgehead atoms. The molecule has 0 saturated heterocycles. The molecule has 5 heteroatoms. The Kier molecular flexibility index (Phi) is 6.74. The molecule has 2 N–H and O–H groups in total. The maximum Gasteiger partial charge on any atom is 0.224 e. The third kappa shape index (κ3) is 5.35. The first-order chi connectivity index (χ1) is 13.4. The van der Waals surface area contributed by atoms with Gasteiger partial charge in [0, 0.05) is 23.6 Å². The summed E-state index contributed by atoms with van der Waals surface area (Å²) in [5.41, 5.74) is 4.19. The lowest BCUT2D eigenvalue weighted by molar-refractivity contribution is -0.123. The summed E-state index contributed by atoms with van der Waals surface area (Å²) in [5, 5.41) is 6.63. The molecule has 0 aromatic heterocycles. The standard InChI is InChI=1S/C23H27ClN2O2/c1-15(12-22(27)25-18-11-10-16(2)20(24)14-18)13-23(28)26-21-9-5-7-17-6-3-4-8-19(17)21/h3-4,6,8,10-11,14-15,21H,5,7,9,12-13H2,1-2H3,(H,25,27)(H,26,28)/t15-,21+/m0/s1. The van der Waals surface area contributed by atoms with E-state index in [1.54, 1.807) is 6.07 Å². The molecule has 0 saturated carbocycles. The van der Waals surface area contributed by atoms with Crippen molar-refractivity contribution in [1.29, 1.82) is 0 Å². The number of amides is 2. The van der Waals surface area contributed by atoms with Crippen LogP contribution in [-0.2, 0) is 16.0 Å². The first-order valence-corrected chi connectivity index (χ1v) is 10.2. The number of fused-ring (bicyclic) bond motifs is 1. The summed E-state index contributed by atoms with van der Waals surface area (Å²) in [6, 6.07) is 13.8. The van der Waals surface area contributed by atoms with E-state index in [0.717, 1.165) is 24.8 Å². The second-order valence-corrected chi connectivity index (χ2v) is 8.14. The molecule has 0 heterocycles. The van der Waals surface area contributed by atoms with E-state index in [2.05, 4.69) is 22.8 Å². The third-order valence-electron chi connectivity index (χ3n) is 5.23. The highest BCUT2D eigenvalue weighted by atomic mass is 35.5. The summed E-state index contributed by atoms with van der Waals surface area (Å²) in [6.45, 7) is 3.84. The van der Waals surface area contributed by atoms with E-state index in [1.807, 2.05) is 38.1 Å². The SMILES string of the molecule is Cc1ccc(NC(=O)C[C@H](C)CC(=O)N[C@@H]2CCCc3ccccc32)cc1Cl. The van der Waals surface area contributed by atoms with Crippen LogP contribution in [-0.4, -0.2) is 11.8 Å². The number of nitrogens with one attached hydrogen (secondary N) is 2. The topological polar surface area (TPSA) is 58.2 Å². The minimum absolute atomic E-state index is 0.000355. The van der Waals surface area contributed by atoms with Gasteiger partial charge in [0.1, 0.15) is 0 Å². The Morgan fingerprint density at radius 1 is 1.14 bits per heavy atom. The van der Waals surface area contributed by atoms with E-state index in [1.165, 1.54) is 11.1 Å². The van der Waals surface area contributed by atoms with Crippen LogP contribution in [0.1, 0.15) is 55.3 Å². The Hall–Kier alpha value is -2.33. The number of carbonyl (C=O) groups is 2. The molecule has 4 nitrogen and oxygen atoms in total. The van der Waals surface area contributed by atoms with E-state index in [-0.39, 0.29) is 23.8 Å². The first kappa shape index (κ1) is 20.4. The smallest absolute Gasteiger partial charge is 0.224 e. The van der Waals surface area contributed by atoms with Gasteiger partial charge in [-0.05, 0) is 60.9 Å². The lowest BCUT2D eigenvalue weighted by Gasteiger charge is -2.26. The van der Waals surface area contributed by atoms with E-state index in [0.29, 0.717) is 23.6 Å². The van der Waals surface area contributed by atoms with Crippen molar-refractivity contribution in [2.45, 2.75) is 52.0 Å². The van der Waals surface area contributed by atoms with Gasteiger partial charge in [-0.3, -0.25) is 9.59 Å². The predicted octanol–water partition coefficient (Wildman–Crippen LogP) is 5.20. The van der Waals surface area contributed by atoms with Gasteiger partial charge >= 0.3 is 0 Å². The summed E-state index contributed by atoms with van der Waals surface area (Å²) in [5.74, 6) is -0.150. The van der Waals surface area contributed by atoms with Gasteiger partial charge in [-0.25, -0.2) is 0 Å². The molecule has 148 valence electrons. The quantitative estimate of drug-likeness (QED) is 0.702. The molecule has 0 radical (unpaired) electrons. The fourth-order valence-electron chi connectivity index (χ4n) is 3.74. The first-order valence-electron chi connectivity index (χ1n) is 9.85. The maximum atomic E-state index is 12.5. The van der Waals surface area contributed by atoms with Crippen LogP contribution in [0.3, 0.4) is 0 Å². The monoisotopic (exact) mass is 398 g/mol. The Labute approximate surface area is 171 Å². The fourth-order valence-corrected chi connectivity index (χ4v) is 3.93. The largest absolute Gasteiger partial charge is 0.349 e. The minimum atomic E-state index is -0.108. The molecular weight excluding hydrogens is 372 g/mol. The Balaban J connectivity index is 1.49. The average molecular weight is 399 g/mol. The van der Waals surface area contributed by atoms with Gasteiger partial charge in [-0.2, -0.15) is 0 Å². The molecule has 2 amide bonds. The number of rotatable bonds is 6. The van der Waals surface area contributed by atoms with Gasteiger partial charge in [0.2, 0.25) is 11.8 Å². The molecule has 0 aliphatic heterocycles. The molecule has 28 heavy (non-hydrogen) atoms. The van der Waals surface area contributed by atoms with Crippen molar-refractivity contribution < 1.29 is 9.59 Å². The van der Waals surface area contributed by atoms with E-state index >= 15 is 0 Å². The second-order valence-electron chi connectivity index (χ2n) is 7.74. The highest BCUT2D eigenvalue weighted by molar-refractivity contribution is 6.31. The lowest BCUT2D eigenvalue weighted by Crippen LogP contribution is -2.32. The molecule has 2 aromatic carbocycles. The van der Waals surface area contributed by atoms with Gasteiger partial charge in [-0.1, -0.05) is 48.9 Å². The molecule has 1 aliphatic carbocycles. The molecule has 0 fully saturated rings. The van der Waals surface area contributed by atoms with Crippen molar-refractivity contribution in [2.24, 2.45) is 5.92 Å². The maximum absolute atomic E-state index is 12.5. The molecule has 0 unspecified atom stereocenters. The zero-order valence-electron chi connectivity index (χ0n) is 16.4. The van der Waals surface area contributed by atoms with Crippen molar-refractivity contribution in [2.75, 3.05) is 5.32 Å². The number of halogens is 1. The van der Waals surface area contributed by atoms with Crippen LogP contribution in [0.15, 0.2) is 42.5 Å². The summed E-state index contributed by atoms with van der Waals surface area (Å²) in [4.78, 5) is 24.8. The van der Waals surface area contributed by atoms with Crippen molar-refractivity contribution in [3.63, 3.8) is 0 Å². The summed E-state index contributed by atoms with van der Waals surface area (Å²) < 4.78 is 0. The average Bonchev–Trinajstić information content (AvgIpc) is 2.64. The van der Waals surface area contributed by atoms with Crippen LogP contribution in [0.4, 0.5) is 5.69 Å². The number of benzene rings is 2. The van der Waals surface area contributed by atoms with E-state index in [9.17, 15) is 9.59 Å². The second kappa shape index (κ2) is 9.24. The third-order valence-corrected chi connectivity index (χ3v) is 5.64. The van der Waals surface area contributed by atoms with Crippen LogP contribution < -0.4 is 10.6 Å². The summed E-state index contributed by atoms with van der Waals surface area (Å²) >= 11 is 6.10. The summed E-state index contributed by atoms with van der Waals surface area (Å²) in [7, 11) is 0. The highest BCUT2D eigenvalue weighted by Gasteiger charge is 2.22. The Bertz CT molecular complexity index is 865. The molecular formula is C23H27ClN2O2. The molecule has 2 aromatic rings. The number of hydrogen-bond donors (Lipinski definition) is 2. The number of aryl methyl sites for hydroxylation is 2. The Morgan fingerprint density at radius 3 is 2.68 bits per heavy atom. The van der Waals surface area contributed by atoms with Crippen LogP contribution in [0.2, 0.25) is 5.02 Å². The summed E-state index contributed by atoms with van der Waals surface area (Å²) in [6.07, 6.45) is 3.74. The lowest BCUT2D eigenvalue weighted by atomic mass is 9.87. The van der Waals surface area contributed by atoms with Crippen LogP contribution in [0.5, 0.6) is 0 Å². The van der Waals surface area contributed by atoms with Gasteiger partial charge in [-0.15, -0.1) is 0 Å². The van der Waals surface area contributed by atoms with Gasteiger partial charge in [0.25, 0.3) is 0 Å². The number of carbonyl (C=O) groups excluding carboxylic acids is 2. The predicted molar refractivity (Wildman–Crippen MR) is 113 cm³/mol. The fraction of sp³-hybridized carbons (Fsp3) is 0.391. The van der Waals surface area contributed by atoms with Crippen molar-refractivity contribution in [3.8, 4) is 0 Å². The molecule has 3 rings (SSSR count). The molecule has 2 atom stereocenters. The van der Waals surface area contributed by atoms with Crippen molar-refractivity contribution in [1.82, 2.24) is 5.32 Å². The van der Waals surface area contributed by atoms with Crippen LogP contribution >= 0.6 is 11.6 Å². The Morgan fingerprint density at radius 2 is 1.89 bits per heavy atom. The number of hydrogen-bond acceptors (Lipinski definition) is 2. The van der Waals surface area contributed by atoms with Gasteiger partial charge in [0.05, 0.1) is 6.04 Å². The van der Waals surface area contributed by atoms with Crippen molar-refractivity contribution >= 4 is 29.1 Å². The zero-order chi connectivity index (χ0) is 20.1. The molecule has 0 spiro atoms.